The number of carbonyl (C=O) groups excluding carboxylic acids is 1. The van der Waals surface area contributed by atoms with Gasteiger partial charge in [-0.05, 0) is 38.7 Å². The Labute approximate surface area is 96.9 Å². The average molecular weight is 215 g/mol. The van der Waals surface area contributed by atoms with Gasteiger partial charge in [-0.25, -0.2) is 0 Å². The lowest BCUT2D eigenvalue weighted by atomic mass is 9.82. The van der Waals surface area contributed by atoms with Crippen LogP contribution in [0, 0.1) is 16.7 Å². The molecule has 0 bridgehead atoms. The van der Waals surface area contributed by atoms with Gasteiger partial charge in [-0.3, -0.25) is 4.79 Å². The monoisotopic (exact) mass is 215 g/mol. The number of benzene rings is 1. The van der Waals surface area contributed by atoms with Gasteiger partial charge in [-0.15, -0.1) is 0 Å². The van der Waals surface area contributed by atoms with Gasteiger partial charge in [0.05, 0.1) is 6.07 Å². The van der Waals surface area contributed by atoms with Gasteiger partial charge < -0.3 is 0 Å². The Bertz CT molecular complexity index is 391. The zero-order chi connectivity index (χ0) is 12.0. The molecule has 0 aliphatic rings. The van der Waals surface area contributed by atoms with E-state index in [2.05, 4.69) is 18.2 Å². The van der Waals surface area contributed by atoms with Crippen molar-refractivity contribution in [2.45, 2.75) is 33.1 Å². The summed E-state index contributed by atoms with van der Waals surface area (Å²) in [6.07, 6.45) is 2.42. The molecule has 16 heavy (non-hydrogen) atoms. The molecule has 0 spiro atoms. The fraction of sp³-hybridized carbons (Fsp3) is 0.429. The molecule has 0 amide bonds. The summed E-state index contributed by atoms with van der Waals surface area (Å²) >= 11 is 0. The van der Waals surface area contributed by atoms with Crippen LogP contribution >= 0.6 is 0 Å². The van der Waals surface area contributed by atoms with Crippen molar-refractivity contribution in [2.75, 3.05) is 0 Å². The lowest BCUT2D eigenvalue weighted by molar-refractivity contribution is -0.123. The number of hydrogen-bond donors (Lipinski definition) is 0. The predicted octanol–water partition coefficient (Wildman–Crippen LogP) is 3.13. The second-order valence-electron chi connectivity index (χ2n) is 4.34. The number of rotatable bonds is 5. The van der Waals surface area contributed by atoms with E-state index in [1.165, 1.54) is 12.5 Å². The first kappa shape index (κ1) is 12.4. The second kappa shape index (κ2) is 5.46. The summed E-state index contributed by atoms with van der Waals surface area (Å²) in [5.74, 6) is -0.0388. The molecule has 1 aromatic rings. The highest BCUT2D eigenvalue weighted by atomic mass is 16.1. The molecule has 0 saturated heterocycles. The summed E-state index contributed by atoms with van der Waals surface area (Å²) in [5.41, 5.74) is 0.445. The molecule has 1 rings (SSSR count). The summed E-state index contributed by atoms with van der Waals surface area (Å²) in [4.78, 5) is 11.3. The van der Waals surface area contributed by atoms with Gasteiger partial charge >= 0.3 is 0 Å². The summed E-state index contributed by atoms with van der Waals surface area (Å²) < 4.78 is 0. The number of aryl methyl sites for hydroxylation is 1. The predicted molar refractivity (Wildman–Crippen MR) is 63.8 cm³/mol. The van der Waals surface area contributed by atoms with Crippen LogP contribution in [0.15, 0.2) is 30.3 Å². The number of Topliss-reactive ketones (excluding diaryl/α,β-unsaturated/α-hetero) is 1. The summed E-state index contributed by atoms with van der Waals surface area (Å²) in [5, 5.41) is 8.98. The minimum atomic E-state index is -0.811. The first-order valence-electron chi connectivity index (χ1n) is 5.55. The van der Waals surface area contributed by atoms with Gasteiger partial charge in [-0.1, -0.05) is 30.3 Å². The van der Waals surface area contributed by atoms with Crippen molar-refractivity contribution >= 4 is 5.78 Å². The zero-order valence-corrected chi connectivity index (χ0v) is 9.86. The molecule has 84 valence electrons. The van der Waals surface area contributed by atoms with E-state index in [0.717, 1.165) is 12.8 Å². The first-order chi connectivity index (χ1) is 7.58. The van der Waals surface area contributed by atoms with E-state index in [0.29, 0.717) is 6.42 Å². The molecule has 0 aliphatic heterocycles. The Morgan fingerprint density at radius 1 is 1.38 bits per heavy atom. The molecule has 1 atom stereocenters. The van der Waals surface area contributed by atoms with E-state index in [9.17, 15) is 4.79 Å². The van der Waals surface area contributed by atoms with Crippen LogP contribution in [0.3, 0.4) is 0 Å². The van der Waals surface area contributed by atoms with E-state index in [1.54, 1.807) is 6.92 Å². The molecule has 2 nitrogen and oxygen atoms in total. The molecule has 0 heterocycles. The molecular formula is C14H17NO. The largest absolute Gasteiger partial charge is 0.298 e. The minimum Gasteiger partial charge on any atom is -0.298 e. The van der Waals surface area contributed by atoms with Crippen molar-refractivity contribution in [1.29, 1.82) is 5.26 Å². The standard InChI is InChI=1S/C14H17NO/c1-12(16)14(2,11-15)10-6-9-13-7-4-3-5-8-13/h3-5,7-8H,6,9-10H2,1-2H3. The Hall–Kier alpha value is -1.62. The third-order valence-electron chi connectivity index (χ3n) is 3.01. The average Bonchev–Trinajstić information content (AvgIpc) is 2.30. The molecule has 1 aromatic carbocycles. The van der Waals surface area contributed by atoms with Crippen LogP contribution in [0.1, 0.15) is 32.3 Å². The van der Waals surface area contributed by atoms with Gasteiger partial charge in [0.25, 0.3) is 0 Å². The number of nitriles is 1. The van der Waals surface area contributed by atoms with Crippen molar-refractivity contribution < 1.29 is 4.79 Å². The van der Waals surface area contributed by atoms with Gasteiger partial charge in [0, 0.05) is 0 Å². The molecule has 0 saturated carbocycles. The normalized spacial score (nSPS) is 13.8. The fourth-order valence-electron chi connectivity index (χ4n) is 1.60. The van der Waals surface area contributed by atoms with Gasteiger partial charge in [0.2, 0.25) is 0 Å². The number of ketones is 1. The molecule has 0 radical (unpaired) electrons. The number of nitrogens with zero attached hydrogens (tertiary/aromatic N) is 1. The lowest BCUT2D eigenvalue weighted by Crippen LogP contribution is -2.23. The smallest absolute Gasteiger partial charge is 0.149 e. The van der Waals surface area contributed by atoms with Crippen molar-refractivity contribution in [1.82, 2.24) is 0 Å². The van der Waals surface area contributed by atoms with Crippen LogP contribution in [0.4, 0.5) is 0 Å². The van der Waals surface area contributed by atoms with Crippen LogP contribution in [-0.2, 0) is 11.2 Å². The molecular weight excluding hydrogens is 198 g/mol. The quantitative estimate of drug-likeness (QED) is 0.757. The minimum absolute atomic E-state index is 0.0388. The summed E-state index contributed by atoms with van der Waals surface area (Å²) in [7, 11) is 0. The van der Waals surface area contributed by atoms with E-state index in [-0.39, 0.29) is 5.78 Å². The third kappa shape index (κ3) is 3.20. The highest BCUT2D eigenvalue weighted by molar-refractivity contribution is 5.84. The molecule has 1 unspecified atom stereocenters. The topological polar surface area (TPSA) is 40.9 Å². The highest BCUT2D eigenvalue weighted by Crippen LogP contribution is 2.24. The SMILES string of the molecule is CC(=O)C(C)(C#N)CCCc1ccccc1. The first-order valence-corrected chi connectivity index (χ1v) is 5.55. The van der Waals surface area contributed by atoms with Crippen LogP contribution in [0.25, 0.3) is 0 Å². The van der Waals surface area contributed by atoms with E-state index in [4.69, 9.17) is 5.26 Å². The number of carbonyl (C=O) groups is 1. The Morgan fingerprint density at radius 3 is 2.50 bits per heavy atom. The summed E-state index contributed by atoms with van der Waals surface area (Å²) in [6, 6.07) is 12.2. The van der Waals surface area contributed by atoms with E-state index >= 15 is 0 Å². The summed E-state index contributed by atoms with van der Waals surface area (Å²) in [6.45, 7) is 3.21. The maximum Gasteiger partial charge on any atom is 0.149 e. The van der Waals surface area contributed by atoms with E-state index in [1.807, 2.05) is 18.2 Å². The van der Waals surface area contributed by atoms with Crippen molar-refractivity contribution in [3.8, 4) is 6.07 Å². The van der Waals surface area contributed by atoms with E-state index < -0.39 is 5.41 Å². The molecule has 0 aromatic heterocycles. The maximum atomic E-state index is 11.3. The maximum absolute atomic E-state index is 11.3. The molecule has 2 heteroatoms. The van der Waals surface area contributed by atoms with Crippen molar-refractivity contribution in [3.05, 3.63) is 35.9 Å². The van der Waals surface area contributed by atoms with Crippen LogP contribution in [0.2, 0.25) is 0 Å². The van der Waals surface area contributed by atoms with Crippen LogP contribution < -0.4 is 0 Å². The van der Waals surface area contributed by atoms with Gasteiger partial charge in [0.15, 0.2) is 0 Å². The van der Waals surface area contributed by atoms with Crippen LogP contribution in [-0.4, -0.2) is 5.78 Å². The van der Waals surface area contributed by atoms with Gasteiger partial charge in [0.1, 0.15) is 11.2 Å². The van der Waals surface area contributed by atoms with Crippen molar-refractivity contribution in [3.63, 3.8) is 0 Å². The Balaban J connectivity index is 2.47. The van der Waals surface area contributed by atoms with Gasteiger partial charge in [-0.2, -0.15) is 5.26 Å². The molecule has 0 aliphatic carbocycles. The number of hydrogen-bond acceptors (Lipinski definition) is 2. The lowest BCUT2D eigenvalue weighted by Gasteiger charge is -2.17. The highest BCUT2D eigenvalue weighted by Gasteiger charge is 2.28. The van der Waals surface area contributed by atoms with Crippen molar-refractivity contribution in [2.24, 2.45) is 5.41 Å². The molecule has 0 N–H and O–H groups in total. The second-order valence-corrected chi connectivity index (χ2v) is 4.34. The van der Waals surface area contributed by atoms with Crippen LogP contribution in [0.5, 0.6) is 0 Å². The zero-order valence-electron chi connectivity index (χ0n) is 9.86. The Morgan fingerprint density at radius 2 is 2.00 bits per heavy atom. The fourth-order valence-corrected chi connectivity index (χ4v) is 1.60. The third-order valence-corrected chi connectivity index (χ3v) is 3.01. The molecule has 0 fully saturated rings. The Kier molecular flexibility index (Phi) is 4.25.